The van der Waals surface area contributed by atoms with Crippen molar-refractivity contribution >= 4 is 53.7 Å². The summed E-state index contributed by atoms with van der Waals surface area (Å²) >= 11 is 0. The van der Waals surface area contributed by atoms with Crippen LogP contribution in [0.15, 0.2) is 72.9 Å². The van der Waals surface area contributed by atoms with E-state index < -0.39 is 43.3 Å². The van der Waals surface area contributed by atoms with Gasteiger partial charge in [0.15, 0.2) is 0 Å². The summed E-state index contributed by atoms with van der Waals surface area (Å²) in [6.07, 6.45) is 1.22. The fourth-order valence-corrected chi connectivity index (χ4v) is 13.2. The molecule has 1 aliphatic heterocycles. The highest BCUT2D eigenvalue weighted by molar-refractivity contribution is 6.90. The Labute approximate surface area is 292 Å². The normalized spacial score (nSPS) is 14.8. The van der Waals surface area contributed by atoms with Gasteiger partial charge in [-0.05, 0) is 48.7 Å². The molecule has 13 nitrogen and oxygen atoms in total. The lowest BCUT2D eigenvalue weighted by molar-refractivity contribution is 0.100. The van der Waals surface area contributed by atoms with Crippen molar-refractivity contribution in [2.45, 2.75) is 44.8 Å². The van der Waals surface area contributed by atoms with Crippen LogP contribution in [0.4, 0.5) is 0 Å². The minimum Gasteiger partial charge on any atom is -0.415 e. The summed E-state index contributed by atoms with van der Waals surface area (Å²) in [5, 5.41) is 1.22. The first-order valence-corrected chi connectivity index (χ1v) is 26.6. The van der Waals surface area contributed by atoms with Crippen molar-refractivity contribution < 1.29 is 59.3 Å². The van der Waals surface area contributed by atoms with E-state index in [-0.39, 0.29) is 0 Å². The molecule has 0 amide bonds. The van der Waals surface area contributed by atoms with Gasteiger partial charge in [0.05, 0.1) is 13.2 Å². The monoisotopic (exact) mass is 766 g/mol. The SMILES string of the molecule is C=C[Si](OC)(OC)OC.CO[Si](CCCOCC1CO1)(OC)OC.C[Si](C)(O)O[Si](C)(C)O.O[Si](O)(c1ccccc1)c1ccccc1. The van der Waals surface area contributed by atoms with Crippen LogP contribution in [-0.4, -0.2) is 131 Å². The van der Waals surface area contributed by atoms with Crippen molar-refractivity contribution in [3.63, 3.8) is 0 Å². The highest BCUT2D eigenvalue weighted by Crippen LogP contribution is 2.15. The van der Waals surface area contributed by atoms with Crippen molar-refractivity contribution in [3.8, 4) is 0 Å². The molecule has 0 spiro atoms. The highest BCUT2D eigenvalue weighted by Gasteiger charge is 2.37. The van der Waals surface area contributed by atoms with Crippen molar-refractivity contribution in [2.75, 3.05) is 62.5 Å². The predicted molar refractivity (Wildman–Crippen MR) is 197 cm³/mol. The van der Waals surface area contributed by atoms with E-state index in [9.17, 15) is 9.59 Å². The molecule has 1 fully saturated rings. The zero-order chi connectivity index (χ0) is 36.9. The van der Waals surface area contributed by atoms with Crippen LogP contribution in [0.2, 0.25) is 32.2 Å². The average Bonchev–Trinajstić information content (AvgIpc) is 3.89. The minimum absolute atomic E-state index is 0.333. The molecule has 1 saturated heterocycles. The van der Waals surface area contributed by atoms with Gasteiger partial charge in [0.2, 0.25) is 0 Å². The Bertz CT molecular complexity index is 1020. The largest absolute Gasteiger partial charge is 0.528 e. The van der Waals surface area contributed by atoms with Crippen LogP contribution < -0.4 is 10.4 Å². The van der Waals surface area contributed by atoms with E-state index in [0.29, 0.717) is 29.7 Å². The molecule has 1 heterocycles. The van der Waals surface area contributed by atoms with Crippen LogP contribution in [0.1, 0.15) is 6.42 Å². The second-order valence-electron chi connectivity index (χ2n) is 11.2. The first-order chi connectivity index (χ1) is 22.4. The Balaban J connectivity index is 0.000000634. The molecular formula is C30H58O13Si5. The lowest BCUT2D eigenvalue weighted by Gasteiger charge is -2.24. The van der Waals surface area contributed by atoms with Crippen LogP contribution in [0.3, 0.4) is 0 Å². The van der Waals surface area contributed by atoms with E-state index in [4.69, 9.17) is 49.7 Å². The van der Waals surface area contributed by atoms with Crippen LogP contribution in [-0.2, 0) is 40.1 Å². The molecule has 0 saturated carbocycles. The molecular weight excluding hydrogens is 709 g/mol. The molecule has 4 N–H and O–H groups in total. The molecule has 1 atom stereocenters. The highest BCUT2D eigenvalue weighted by atomic mass is 28.5. The molecule has 18 heteroatoms. The standard InChI is InChI=1S/C12H12O2Si.C9H20O5Si.C5H12O3Si.C4H14O3Si2/c13-15(14,11-7-3-1-4-8-11)12-9-5-2-6-10-12;1-10-15(11-2,12-3)6-4-5-13-7-9-8-14-9;1-5-9(6-2,7-3)8-4;1-8(2,5)7-9(3,4)6/h1-10,13-14H;9H,4-8H2,1-3H3;5H,1H2,2-4H3;5-6H,1-4H3. The number of ether oxygens (including phenoxy) is 2. The summed E-state index contributed by atoms with van der Waals surface area (Å²) in [4.78, 5) is 38.6. The lowest BCUT2D eigenvalue weighted by Crippen LogP contribution is -2.59. The van der Waals surface area contributed by atoms with Crippen molar-refractivity contribution in [3.05, 3.63) is 72.9 Å². The zero-order valence-electron chi connectivity index (χ0n) is 30.1. The molecule has 1 unspecified atom stereocenters. The van der Waals surface area contributed by atoms with Gasteiger partial charge in [-0.1, -0.05) is 67.2 Å². The Morgan fingerprint density at radius 3 is 1.35 bits per heavy atom. The fraction of sp³-hybridized carbons (Fsp3) is 0.533. The smallest absolute Gasteiger partial charge is 0.415 e. The van der Waals surface area contributed by atoms with Gasteiger partial charge in [0, 0.05) is 55.3 Å². The quantitative estimate of drug-likeness (QED) is 0.105. The molecule has 3 rings (SSSR count). The number of hydrogen-bond donors (Lipinski definition) is 4. The molecule has 0 aliphatic carbocycles. The molecule has 276 valence electrons. The maximum atomic E-state index is 10.2. The van der Waals surface area contributed by atoms with E-state index in [1.54, 1.807) is 98.8 Å². The predicted octanol–water partition coefficient (Wildman–Crippen LogP) is 1.88. The molecule has 2 aromatic rings. The molecule has 2 aromatic carbocycles. The van der Waals surface area contributed by atoms with Crippen LogP contribution >= 0.6 is 0 Å². The van der Waals surface area contributed by atoms with Crippen molar-refractivity contribution in [1.82, 2.24) is 0 Å². The Hall–Kier alpha value is -1.26. The van der Waals surface area contributed by atoms with Crippen LogP contribution in [0.25, 0.3) is 0 Å². The van der Waals surface area contributed by atoms with Gasteiger partial charge < -0.3 is 59.3 Å². The van der Waals surface area contributed by atoms with Crippen LogP contribution in [0, 0.1) is 0 Å². The second-order valence-corrected chi connectivity index (χ2v) is 26.3. The third kappa shape index (κ3) is 19.8. The van der Waals surface area contributed by atoms with E-state index in [0.717, 1.165) is 19.1 Å². The van der Waals surface area contributed by atoms with Crippen molar-refractivity contribution in [1.29, 1.82) is 0 Å². The fourth-order valence-electron chi connectivity index (χ4n) is 3.94. The summed E-state index contributed by atoms with van der Waals surface area (Å²) in [5.41, 5.74) is 1.58. The van der Waals surface area contributed by atoms with Gasteiger partial charge >= 0.3 is 43.3 Å². The number of rotatable bonds is 17. The molecule has 0 aromatic heterocycles. The summed E-state index contributed by atoms with van der Waals surface area (Å²) in [7, 11) is -3.74. The first kappa shape index (κ1) is 46.7. The lowest BCUT2D eigenvalue weighted by atomic mass is 10.4. The maximum Gasteiger partial charge on any atom is 0.528 e. The summed E-state index contributed by atoms with van der Waals surface area (Å²) < 4.78 is 46.2. The van der Waals surface area contributed by atoms with Crippen molar-refractivity contribution in [2.24, 2.45) is 0 Å². The van der Waals surface area contributed by atoms with E-state index in [1.165, 1.54) is 0 Å². The molecule has 0 radical (unpaired) electrons. The molecule has 0 bridgehead atoms. The van der Waals surface area contributed by atoms with Gasteiger partial charge in [0.1, 0.15) is 6.10 Å². The van der Waals surface area contributed by atoms with E-state index in [2.05, 4.69) is 6.58 Å². The topological polar surface area (TPSA) is 167 Å². The summed E-state index contributed by atoms with van der Waals surface area (Å²) in [6.45, 7) is 12.3. The van der Waals surface area contributed by atoms with Gasteiger partial charge in [0.25, 0.3) is 0 Å². The number of epoxide rings is 1. The van der Waals surface area contributed by atoms with Gasteiger partial charge in [-0.3, -0.25) is 0 Å². The van der Waals surface area contributed by atoms with E-state index in [1.807, 2.05) is 36.4 Å². The average molecular weight is 767 g/mol. The van der Waals surface area contributed by atoms with Gasteiger partial charge in [-0.15, -0.1) is 0 Å². The third-order valence-corrected chi connectivity index (χ3v) is 17.7. The maximum absolute atomic E-state index is 10.2. The molecule has 48 heavy (non-hydrogen) atoms. The Morgan fingerprint density at radius 2 is 1.10 bits per heavy atom. The third-order valence-electron chi connectivity index (χ3n) is 6.37. The molecule has 1 aliphatic rings. The first-order valence-electron chi connectivity index (χ1n) is 15.3. The Morgan fingerprint density at radius 1 is 0.708 bits per heavy atom. The van der Waals surface area contributed by atoms with Gasteiger partial charge in [-0.2, -0.15) is 0 Å². The Kier molecular flexibility index (Phi) is 22.7. The number of benzene rings is 2. The number of hydrogen-bond acceptors (Lipinski definition) is 13. The van der Waals surface area contributed by atoms with E-state index >= 15 is 0 Å². The summed E-state index contributed by atoms with van der Waals surface area (Å²) in [5.74, 6) is 0. The van der Waals surface area contributed by atoms with Gasteiger partial charge in [-0.25, -0.2) is 0 Å². The summed E-state index contributed by atoms with van der Waals surface area (Å²) in [6, 6.07) is 18.7. The van der Waals surface area contributed by atoms with Crippen LogP contribution in [0.5, 0.6) is 0 Å². The second kappa shape index (κ2) is 23.3. The zero-order valence-corrected chi connectivity index (χ0v) is 35.1. The minimum atomic E-state index is -3.46.